The summed E-state index contributed by atoms with van der Waals surface area (Å²) >= 11 is 0. The van der Waals surface area contributed by atoms with Gasteiger partial charge in [-0.05, 0) is 76.7 Å². The first-order chi connectivity index (χ1) is 15.7. The maximum absolute atomic E-state index is 14.9. The van der Waals surface area contributed by atoms with Crippen molar-refractivity contribution < 1.29 is 13.4 Å². The van der Waals surface area contributed by atoms with Crippen molar-refractivity contribution in [3.63, 3.8) is 0 Å². The number of fused-ring (bicyclic) bond motifs is 3. The normalized spacial score (nSPS) is 32.5. The van der Waals surface area contributed by atoms with Crippen molar-refractivity contribution in [3.05, 3.63) is 42.1 Å². The van der Waals surface area contributed by atoms with Crippen molar-refractivity contribution in [2.75, 3.05) is 0 Å². The van der Waals surface area contributed by atoms with Crippen LogP contribution in [0.25, 0.3) is 11.3 Å². The van der Waals surface area contributed by atoms with Crippen molar-refractivity contribution in [1.82, 2.24) is 9.55 Å². The molecule has 7 heteroatoms. The topological polar surface area (TPSA) is 64.3 Å². The highest BCUT2D eigenvalue weighted by Gasteiger charge is 2.57. The van der Waals surface area contributed by atoms with Crippen LogP contribution in [0.4, 0.5) is 4.39 Å². The Balaban J connectivity index is 1.30. The maximum Gasteiger partial charge on any atom is 0.144 e. The average Bonchev–Trinajstić information content (AvgIpc) is 3.32. The molecule has 0 saturated heterocycles. The second kappa shape index (κ2) is 7.17. The van der Waals surface area contributed by atoms with Gasteiger partial charge < -0.3 is 4.57 Å². The number of nitrogens with zero attached hydrogens (tertiary/aromatic N) is 3. The van der Waals surface area contributed by atoms with Crippen molar-refractivity contribution in [3.8, 4) is 11.3 Å². The second-order valence-electron chi connectivity index (χ2n) is 11.5. The Bertz CT molecular complexity index is 1190. The Hall–Kier alpha value is -2.15. The zero-order valence-electron chi connectivity index (χ0n) is 19.4. The lowest BCUT2D eigenvalue weighted by atomic mass is 9.47. The van der Waals surface area contributed by atoms with E-state index >= 15 is 0 Å². The molecule has 1 aromatic heterocycles. The lowest BCUT2D eigenvalue weighted by Gasteiger charge is -2.56. The second-order valence-corrected chi connectivity index (χ2v) is 13.4. The molecule has 0 spiro atoms. The number of carbonyl (C=O) groups is 1. The van der Waals surface area contributed by atoms with Crippen LogP contribution in [0.2, 0.25) is 0 Å². The van der Waals surface area contributed by atoms with Gasteiger partial charge in [-0.3, -0.25) is 4.79 Å². The zero-order valence-corrected chi connectivity index (χ0v) is 20.2. The molecular formula is C26H30FN3O2S. The largest absolute Gasteiger partial charge is 0.322 e. The number of imidazole rings is 1. The minimum atomic E-state index is -1.27. The quantitative estimate of drug-likeness (QED) is 0.614. The first kappa shape index (κ1) is 21.4. The number of aromatic nitrogens is 2. The molecule has 7 rings (SSSR count). The number of Topliss-reactive ketones (excluding diaryl/α,β-unsaturated/α-hetero) is 1. The fourth-order valence-corrected chi connectivity index (χ4v) is 7.84. The first-order valence-electron chi connectivity index (χ1n) is 12.0. The molecule has 1 aliphatic heterocycles. The highest BCUT2D eigenvalue weighted by Crippen LogP contribution is 2.60. The van der Waals surface area contributed by atoms with Crippen molar-refractivity contribution in [1.29, 1.82) is 0 Å². The van der Waals surface area contributed by atoms with Crippen LogP contribution in [0.5, 0.6) is 0 Å². The van der Waals surface area contributed by atoms with Gasteiger partial charge in [-0.15, -0.1) is 0 Å². The van der Waals surface area contributed by atoms with E-state index in [0.717, 1.165) is 49.1 Å². The van der Waals surface area contributed by atoms with E-state index in [4.69, 9.17) is 4.40 Å². The summed E-state index contributed by atoms with van der Waals surface area (Å²) < 4.78 is 33.9. The summed E-state index contributed by atoms with van der Waals surface area (Å²) in [5.74, 6) is 1.04. The van der Waals surface area contributed by atoms with Crippen molar-refractivity contribution in [2.24, 2.45) is 27.6 Å². The third-order valence-corrected chi connectivity index (χ3v) is 9.80. The van der Waals surface area contributed by atoms with E-state index in [1.807, 2.05) is 31.4 Å². The van der Waals surface area contributed by atoms with E-state index in [2.05, 4.69) is 4.98 Å². The molecular weight excluding hydrogens is 437 g/mol. The van der Waals surface area contributed by atoms with E-state index in [1.54, 1.807) is 18.6 Å². The molecule has 33 heavy (non-hydrogen) atoms. The molecule has 174 valence electrons. The Morgan fingerprint density at radius 1 is 1.24 bits per heavy atom. The van der Waals surface area contributed by atoms with Gasteiger partial charge in [-0.2, -0.15) is 4.40 Å². The smallest absolute Gasteiger partial charge is 0.144 e. The van der Waals surface area contributed by atoms with E-state index in [9.17, 15) is 13.4 Å². The Morgan fingerprint density at radius 2 is 1.97 bits per heavy atom. The molecule has 1 aromatic carbocycles. The molecule has 0 radical (unpaired) electrons. The lowest BCUT2D eigenvalue weighted by Crippen LogP contribution is -2.55. The number of rotatable bonds is 4. The fourth-order valence-electron chi connectivity index (χ4n) is 7.08. The summed E-state index contributed by atoms with van der Waals surface area (Å²) in [4.78, 5) is 18.2. The minimum absolute atomic E-state index is 0.249. The zero-order chi connectivity index (χ0) is 23.1. The fraction of sp³-hybridized carbons (Fsp3) is 0.577. The molecule has 2 aromatic rings. The molecule has 0 amide bonds. The summed E-state index contributed by atoms with van der Waals surface area (Å²) in [6.45, 7) is 5.87. The highest BCUT2D eigenvalue weighted by molar-refractivity contribution is 7.85. The molecule has 4 unspecified atom stereocenters. The molecule has 4 aliphatic carbocycles. The van der Waals surface area contributed by atoms with Crippen LogP contribution in [0, 0.1) is 29.0 Å². The maximum atomic E-state index is 14.9. The van der Waals surface area contributed by atoms with Gasteiger partial charge in [-0.1, -0.05) is 12.1 Å². The van der Waals surface area contributed by atoms with Crippen molar-refractivity contribution >= 4 is 22.5 Å². The van der Waals surface area contributed by atoms with E-state index < -0.39 is 11.0 Å². The molecule has 0 N–H and O–H groups in total. The molecule has 4 bridgehead atoms. The number of hydrogen-bond donors (Lipinski definition) is 0. The number of carbonyl (C=O) groups excluding carboxylic acids is 1. The molecule has 5 aliphatic rings. The summed E-state index contributed by atoms with van der Waals surface area (Å²) in [7, 11) is -1.27. The number of halogens is 1. The molecule has 2 heterocycles. The van der Waals surface area contributed by atoms with Crippen LogP contribution in [0.1, 0.15) is 70.9 Å². The molecule has 5 nitrogen and oxygen atoms in total. The summed E-state index contributed by atoms with van der Waals surface area (Å²) in [5.41, 5.74) is 3.09. The van der Waals surface area contributed by atoms with Crippen LogP contribution in [-0.2, 0) is 15.8 Å². The predicted molar refractivity (Wildman–Crippen MR) is 127 cm³/mol. The number of benzene rings is 1. The lowest BCUT2D eigenvalue weighted by molar-refractivity contribution is -0.138. The van der Waals surface area contributed by atoms with Gasteiger partial charge in [0.2, 0.25) is 0 Å². The van der Waals surface area contributed by atoms with Gasteiger partial charge >= 0.3 is 0 Å². The standard InChI is InChI=1S/C26H30FN3O2S/c1-25(2,3)33(32)29-24-16-7-15-8-17(24)12-26(10-15,11-16)22(31)9-20-23-18(5-4-6-19(23)27)21-13-28-14-30(20)21/h4-6,13-17,20H,7-12H2,1-3H3. The third kappa shape index (κ3) is 3.22. The van der Waals surface area contributed by atoms with Crippen LogP contribution in [0.3, 0.4) is 0 Å². The van der Waals surface area contributed by atoms with Gasteiger partial charge in [0.1, 0.15) is 22.6 Å². The molecule has 4 saturated carbocycles. The number of ketones is 1. The molecule has 4 atom stereocenters. The van der Waals surface area contributed by atoms with E-state index in [1.165, 1.54) is 6.07 Å². The minimum Gasteiger partial charge on any atom is -0.322 e. The summed E-state index contributed by atoms with van der Waals surface area (Å²) in [6, 6.07) is 4.79. The predicted octanol–water partition coefficient (Wildman–Crippen LogP) is 5.28. The number of hydrogen-bond acceptors (Lipinski definition) is 3. The van der Waals surface area contributed by atoms with Crippen LogP contribution in [-0.4, -0.2) is 30.0 Å². The Kier molecular flexibility index (Phi) is 4.65. The van der Waals surface area contributed by atoms with Gasteiger partial charge in [0.15, 0.2) is 0 Å². The van der Waals surface area contributed by atoms with Gasteiger partial charge in [0, 0.05) is 28.7 Å². The average molecular weight is 468 g/mol. The summed E-state index contributed by atoms with van der Waals surface area (Å²) in [5, 5.41) is 0. The van der Waals surface area contributed by atoms with Gasteiger partial charge in [0.25, 0.3) is 0 Å². The van der Waals surface area contributed by atoms with Gasteiger partial charge in [-0.25, -0.2) is 13.6 Å². The first-order valence-corrected chi connectivity index (χ1v) is 13.1. The van der Waals surface area contributed by atoms with Gasteiger partial charge in [0.05, 0.1) is 29.0 Å². The van der Waals surface area contributed by atoms with Crippen molar-refractivity contribution in [2.45, 2.75) is 70.1 Å². The molecule has 4 fully saturated rings. The Labute approximate surface area is 196 Å². The monoisotopic (exact) mass is 467 g/mol. The van der Waals surface area contributed by atoms with E-state index in [-0.39, 0.29) is 39.6 Å². The van der Waals surface area contributed by atoms with Crippen LogP contribution >= 0.6 is 0 Å². The SMILES string of the molecule is CC(C)(C)S(=O)N=C1C2CC3CC1CC(C(=O)CC1c4c(F)cccc4-c4cncn41)(C3)C2. The van der Waals surface area contributed by atoms with E-state index in [0.29, 0.717) is 17.9 Å². The highest BCUT2D eigenvalue weighted by atomic mass is 32.2. The van der Waals surface area contributed by atoms with Crippen LogP contribution in [0.15, 0.2) is 35.1 Å². The van der Waals surface area contributed by atoms with Crippen LogP contribution < -0.4 is 0 Å². The Morgan fingerprint density at radius 3 is 2.67 bits per heavy atom. The summed E-state index contributed by atoms with van der Waals surface area (Å²) in [6.07, 6.45) is 8.41. The third-order valence-electron chi connectivity index (χ3n) is 8.37.